The first kappa shape index (κ1) is 11.0. The fraction of sp³-hybridized carbons (Fsp3) is 0.385. The smallest absolute Gasteiger partial charge is 0.125 e. The molecule has 0 aromatic heterocycles. The highest BCUT2D eigenvalue weighted by atomic mass is 16.5. The maximum Gasteiger partial charge on any atom is 0.125 e. The van der Waals surface area contributed by atoms with Crippen LogP contribution in [0, 0.1) is 0 Å². The van der Waals surface area contributed by atoms with Gasteiger partial charge in [-0.25, -0.2) is 0 Å². The van der Waals surface area contributed by atoms with Crippen molar-refractivity contribution in [2.75, 3.05) is 20.8 Å². The highest BCUT2D eigenvalue weighted by Gasteiger charge is 2.16. The second kappa shape index (κ2) is 5.03. The zero-order valence-corrected chi connectivity index (χ0v) is 9.60. The molecular weight excluding hydrogens is 204 g/mol. The quantitative estimate of drug-likeness (QED) is 0.733. The lowest BCUT2D eigenvalue weighted by molar-refractivity contribution is 0.0781. The summed E-state index contributed by atoms with van der Waals surface area (Å²) in [4.78, 5) is 0. The number of ether oxygens (including phenoxy) is 3. The van der Waals surface area contributed by atoms with Crippen LogP contribution in [0.5, 0.6) is 11.5 Å². The molecule has 0 N–H and O–H groups in total. The van der Waals surface area contributed by atoms with E-state index < -0.39 is 0 Å². The average Bonchev–Trinajstić information content (AvgIpc) is 2.39. The monoisotopic (exact) mass is 220 g/mol. The SMILES string of the molecule is COc1ccc(OC)c(C2C=CCCO2)c1. The largest absolute Gasteiger partial charge is 0.497 e. The van der Waals surface area contributed by atoms with Crippen molar-refractivity contribution < 1.29 is 14.2 Å². The molecule has 1 aromatic rings. The van der Waals surface area contributed by atoms with Gasteiger partial charge >= 0.3 is 0 Å². The highest BCUT2D eigenvalue weighted by molar-refractivity contribution is 5.43. The molecule has 1 aliphatic heterocycles. The van der Waals surface area contributed by atoms with Crippen molar-refractivity contribution in [3.05, 3.63) is 35.9 Å². The Bertz CT molecular complexity index is 385. The van der Waals surface area contributed by atoms with E-state index in [-0.39, 0.29) is 6.10 Å². The number of rotatable bonds is 3. The maximum atomic E-state index is 5.68. The van der Waals surface area contributed by atoms with E-state index in [4.69, 9.17) is 14.2 Å². The number of methoxy groups -OCH3 is 2. The molecule has 1 aromatic carbocycles. The summed E-state index contributed by atoms with van der Waals surface area (Å²) in [6, 6.07) is 5.74. The molecule has 0 bridgehead atoms. The summed E-state index contributed by atoms with van der Waals surface area (Å²) >= 11 is 0. The molecule has 0 saturated heterocycles. The lowest BCUT2D eigenvalue weighted by Crippen LogP contribution is -2.08. The van der Waals surface area contributed by atoms with Gasteiger partial charge in [-0.1, -0.05) is 12.2 Å². The predicted octanol–water partition coefficient (Wildman–Crippen LogP) is 2.72. The second-order valence-corrected chi connectivity index (χ2v) is 3.62. The molecule has 1 heterocycles. The van der Waals surface area contributed by atoms with Gasteiger partial charge in [-0.15, -0.1) is 0 Å². The molecule has 0 amide bonds. The van der Waals surface area contributed by atoms with Crippen molar-refractivity contribution in [1.82, 2.24) is 0 Å². The van der Waals surface area contributed by atoms with E-state index in [0.717, 1.165) is 30.1 Å². The van der Waals surface area contributed by atoms with Crippen LogP contribution in [0.3, 0.4) is 0 Å². The second-order valence-electron chi connectivity index (χ2n) is 3.62. The first-order valence-corrected chi connectivity index (χ1v) is 5.35. The molecule has 0 saturated carbocycles. The fourth-order valence-corrected chi connectivity index (χ4v) is 1.79. The van der Waals surface area contributed by atoms with Gasteiger partial charge in [0.25, 0.3) is 0 Å². The zero-order chi connectivity index (χ0) is 11.4. The minimum absolute atomic E-state index is 0.0289. The normalized spacial score (nSPS) is 19.5. The Balaban J connectivity index is 2.35. The van der Waals surface area contributed by atoms with E-state index in [0.29, 0.717) is 0 Å². The van der Waals surface area contributed by atoms with Gasteiger partial charge in [-0.3, -0.25) is 0 Å². The summed E-state index contributed by atoms with van der Waals surface area (Å²) < 4.78 is 16.2. The van der Waals surface area contributed by atoms with Gasteiger partial charge in [0.1, 0.15) is 17.6 Å². The molecule has 3 heteroatoms. The van der Waals surface area contributed by atoms with Crippen LogP contribution in [0.15, 0.2) is 30.4 Å². The van der Waals surface area contributed by atoms with Gasteiger partial charge in [0.15, 0.2) is 0 Å². The fourth-order valence-electron chi connectivity index (χ4n) is 1.79. The Kier molecular flexibility index (Phi) is 3.47. The first-order valence-electron chi connectivity index (χ1n) is 5.35. The van der Waals surface area contributed by atoms with E-state index in [1.165, 1.54) is 0 Å². The van der Waals surface area contributed by atoms with Gasteiger partial charge in [0, 0.05) is 5.56 Å². The summed E-state index contributed by atoms with van der Waals surface area (Å²) in [7, 11) is 3.32. The number of hydrogen-bond acceptors (Lipinski definition) is 3. The summed E-state index contributed by atoms with van der Waals surface area (Å²) in [6.07, 6.45) is 5.13. The lowest BCUT2D eigenvalue weighted by atomic mass is 10.1. The summed E-state index contributed by atoms with van der Waals surface area (Å²) in [5, 5.41) is 0. The van der Waals surface area contributed by atoms with Crippen molar-refractivity contribution in [2.24, 2.45) is 0 Å². The summed E-state index contributed by atoms with van der Waals surface area (Å²) in [6.45, 7) is 0.752. The van der Waals surface area contributed by atoms with Crippen LogP contribution < -0.4 is 9.47 Å². The third-order valence-corrected chi connectivity index (χ3v) is 2.64. The third-order valence-electron chi connectivity index (χ3n) is 2.64. The van der Waals surface area contributed by atoms with E-state index in [9.17, 15) is 0 Å². The molecule has 2 rings (SSSR count). The molecule has 0 fully saturated rings. The lowest BCUT2D eigenvalue weighted by Gasteiger charge is -2.20. The molecule has 1 aliphatic rings. The van der Waals surface area contributed by atoms with Crippen molar-refractivity contribution in [2.45, 2.75) is 12.5 Å². The maximum absolute atomic E-state index is 5.68. The van der Waals surface area contributed by atoms with E-state index in [1.54, 1.807) is 14.2 Å². The Labute approximate surface area is 95.6 Å². The molecular formula is C13H16O3. The number of benzene rings is 1. The van der Waals surface area contributed by atoms with Crippen LogP contribution in [-0.2, 0) is 4.74 Å². The molecule has 0 radical (unpaired) electrons. The van der Waals surface area contributed by atoms with Gasteiger partial charge < -0.3 is 14.2 Å². The Morgan fingerprint density at radius 3 is 2.75 bits per heavy atom. The number of hydrogen-bond donors (Lipinski definition) is 0. The first-order chi connectivity index (χ1) is 7.85. The van der Waals surface area contributed by atoms with Gasteiger partial charge in [-0.2, -0.15) is 0 Å². The van der Waals surface area contributed by atoms with Crippen molar-refractivity contribution in [3.63, 3.8) is 0 Å². The minimum atomic E-state index is -0.0289. The van der Waals surface area contributed by atoms with Crippen molar-refractivity contribution >= 4 is 0 Å². The third kappa shape index (κ3) is 2.19. The topological polar surface area (TPSA) is 27.7 Å². The molecule has 86 valence electrons. The standard InChI is InChI=1S/C13H16O3/c1-14-10-6-7-12(15-2)11(9-10)13-5-3-4-8-16-13/h3,5-7,9,13H,4,8H2,1-2H3. The van der Waals surface area contributed by atoms with E-state index in [1.807, 2.05) is 18.2 Å². The zero-order valence-electron chi connectivity index (χ0n) is 9.60. The van der Waals surface area contributed by atoms with Crippen LogP contribution >= 0.6 is 0 Å². The average molecular weight is 220 g/mol. The minimum Gasteiger partial charge on any atom is -0.497 e. The molecule has 3 nitrogen and oxygen atoms in total. The van der Waals surface area contributed by atoms with E-state index >= 15 is 0 Å². The van der Waals surface area contributed by atoms with E-state index in [2.05, 4.69) is 12.2 Å². The Morgan fingerprint density at radius 2 is 2.12 bits per heavy atom. The Hall–Kier alpha value is -1.48. The van der Waals surface area contributed by atoms with Crippen LogP contribution in [0.25, 0.3) is 0 Å². The Morgan fingerprint density at radius 1 is 1.25 bits per heavy atom. The molecule has 1 unspecified atom stereocenters. The molecule has 0 aliphatic carbocycles. The van der Waals surface area contributed by atoms with Crippen LogP contribution in [0.1, 0.15) is 18.1 Å². The molecule has 1 atom stereocenters. The predicted molar refractivity (Wildman–Crippen MR) is 62.0 cm³/mol. The molecule has 0 spiro atoms. The van der Waals surface area contributed by atoms with Crippen molar-refractivity contribution in [1.29, 1.82) is 0 Å². The molecule has 16 heavy (non-hydrogen) atoms. The van der Waals surface area contributed by atoms with Crippen molar-refractivity contribution in [3.8, 4) is 11.5 Å². The summed E-state index contributed by atoms with van der Waals surface area (Å²) in [5.74, 6) is 1.65. The van der Waals surface area contributed by atoms with Crippen LogP contribution in [0.4, 0.5) is 0 Å². The summed E-state index contributed by atoms with van der Waals surface area (Å²) in [5.41, 5.74) is 1.01. The van der Waals surface area contributed by atoms with Crippen LogP contribution in [0.2, 0.25) is 0 Å². The van der Waals surface area contributed by atoms with Gasteiger partial charge in [0.05, 0.1) is 20.8 Å². The van der Waals surface area contributed by atoms with Crippen LogP contribution in [-0.4, -0.2) is 20.8 Å². The van der Waals surface area contributed by atoms with Gasteiger partial charge in [-0.05, 0) is 24.6 Å². The highest BCUT2D eigenvalue weighted by Crippen LogP contribution is 2.33. The van der Waals surface area contributed by atoms with Gasteiger partial charge in [0.2, 0.25) is 0 Å².